The van der Waals surface area contributed by atoms with Gasteiger partial charge in [-0.15, -0.1) is 0 Å². The van der Waals surface area contributed by atoms with Gasteiger partial charge in [-0.2, -0.15) is 0 Å². The molecule has 1 amide bonds. The van der Waals surface area contributed by atoms with Crippen LogP contribution in [0.5, 0.6) is 0 Å². The molecule has 0 atom stereocenters. The molecule has 106 valence electrons. The Balaban J connectivity index is 1.71. The molecule has 1 aromatic heterocycles. The Kier molecular flexibility index (Phi) is 2.96. The van der Waals surface area contributed by atoms with Crippen molar-refractivity contribution in [3.63, 3.8) is 0 Å². The van der Waals surface area contributed by atoms with Crippen molar-refractivity contribution in [2.24, 2.45) is 5.92 Å². The fourth-order valence-corrected chi connectivity index (χ4v) is 3.24. The lowest BCUT2D eigenvalue weighted by Crippen LogP contribution is -2.26. The van der Waals surface area contributed by atoms with E-state index in [9.17, 15) is 4.79 Å². The molecule has 0 saturated heterocycles. The molecule has 1 saturated carbocycles. The van der Waals surface area contributed by atoms with E-state index in [2.05, 4.69) is 11.1 Å². The molecule has 1 aliphatic heterocycles. The molecule has 0 bridgehead atoms. The fourth-order valence-electron chi connectivity index (χ4n) is 2.92. The van der Waals surface area contributed by atoms with Crippen molar-refractivity contribution < 1.29 is 4.79 Å². The lowest BCUT2D eigenvalue weighted by molar-refractivity contribution is 0.0771. The molecule has 1 aromatic carbocycles. The van der Waals surface area contributed by atoms with Crippen LogP contribution in [0.25, 0.3) is 11.1 Å². The maximum Gasteiger partial charge on any atom is 0.256 e. The molecular weight excluding hydrogens is 284 g/mol. The Hall–Kier alpha value is -1.87. The van der Waals surface area contributed by atoms with E-state index >= 15 is 0 Å². The van der Waals surface area contributed by atoms with E-state index in [4.69, 9.17) is 11.6 Å². The van der Waals surface area contributed by atoms with Crippen LogP contribution < -0.4 is 0 Å². The van der Waals surface area contributed by atoms with E-state index < -0.39 is 0 Å². The van der Waals surface area contributed by atoms with Gasteiger partial charge in [0.15, 0.2) is 0 Å². The predicted molar refractivity (Wildman–Crippen MR) is 82.1 cm³/mol. The number of nitrogens with zero attached hydrogens (tertiary/aromatic N) is 2. The second-order valence-corrected chi connectivity index (χ2v) is 6.27. The van der Waals surface area contributed by atoms with E-state index in [0.717, 1.165) is 23.2 Å². The van der Waals surface area contributed by atoms with Gasteiger partial charge >= 0.3 is 0 Å². The lowest BCUT2D eigenvalue weighted by atomic mass is 10.0. The van der Waals surface area contributed by atoms with Crippen molar-refractivity contribution in [1.29, 1.82) is 0 Å². The predicted octanol–water partition coefficient (Wildman–Crippen LogP) is 3.77. The molecule has 21 heavy (non-hydrogen) atoms. The highest BCUT2D eigenvalue weighted by Gasteiger charge is 2.34. The fraction of sp³-hybridized carbons (Fsp3) is 0.294. The summed E-state index contributed by atoms with van der Waals surface area (Å²) in [5, 5.41) is 0.551. The quantitative estimate of drug-likeness (QED) is 0.864. The topological polar surface area (TPSA) is 33.2 Å². The first-order chi connectivity index (χ1) is 10.2. The third-order valence-electron chi connectivity index (χ3n) is 4.20. The van der Waals surface area contributed by atoms with Gasteiger partial charge in [0.2, 0.25) is 0 Å². The summed E-state index contributed by atoms with van der Waals surface area (Å²) in [5.74, 6) is 0.777. The number of hydrogen-bond donors (Lipinski definition) is 0. The minimum atomic E-state index is 0.0830. The van der Waals surface area contributed by atoms with Crippen LogP contribution >= 0.6 is 11.6 Å². The molecular formula is C17H15ClN2O. The Bertz CT molecular complexity index is 710. The SMILES string of the molecule is O=C1c2c(Cl)cc(-c3cccnc3)cc2CN1CC1CC1. The van der Waals surface area contributed by atoms with Crippen LogP contribution in [0, 0.1) is 5.92 Å². The van der Waals surface area contributed by atoms with Gasteiger partial charge in [-0.25, -0.2) is 0 Å². The average molecular weight is 299 g/mol. The van der Waals surface area contributed by atoms with Crippen LogP contribution in [-0.2, 0) is 6.54 Å². The van der Waals surface area contributed by atoms with Gasteiger partial charge in [0.1, 0.15) is 0 Å². The van der Waals surface area contributed by atoms with Gasteiger partial charge in [0.05, 0.1) is 10.6 Å². The molecule has 0 unspecified atom stereocenters. The van der Waals surface area contributed by atoms with Gasteiger partial charge in [0, 0.05) is 31.0 Å². The van der Waals surface area contributed by atoms with Gasteiger partial charge in [-0.05, 0) is 48.1 Å². The molecule has 0 radical (unpaired) electrons. The zero-order valence-corrected chi connectivity index (χ0v) is 12.3. The Morgan fingerprint density at radius 2 is 2.14 bits per heavy atom. The summed E-state index contributed by atoms with van der Waals surface area (Å²) in [4.78, 5) is 18.5. The van der Waals surface area contributed by atoms with Crippen LogP contribution in [-0.4, -0.2) is 22.3 Å². The average Bonchev–Trinajstić information content (AvgIpc) is 3.25. The largest absolute Gasteiger partial charge is 0.334 e. The number of halogens is 1. The van der Waals surface area contributed by atoms with Crippen LogP contribution in [0.4, 0.5) is 0 Å². The molecule has 0 N–H and O–H groups in total. The normalized spacial score (nSPS) is 17.2. The summed E-state index contributed by atoms with van der Waals surface area (Å²) in [6.07, 6.45) is 6.06. The van der Waals surface area contributed by atoms with Crippen LogP contribution in [0.15, 0.2) is 36.7 Å². The number of fused-ring (bicyclic) bond motifs is 1. The third kappa shape index (κ3) is 2.32. The van der Waals surface area contributed by atoms with Crippen LogP contribution in [0.2, 0.25) is 5.02 Å². The van der Waals surface area contributed by atoms with E-state index in [1.807, 2.05) is 29.3 Å². The first-order valence-electron chi connectivity index (χ1n) is 7.24. The van der Waals surface area contributed by atoms with Crippen LogP contribution in [0.1, 0.15) is 28.8 Å². The highest BCUT2D eigenvalue weighted by Crippen LogP contribution is 2.37. The van der Waals surface area contributed by atoms with E-state index in [1.165, 1.54) is 12.8 Å². The maximum absolute atomic E-state index is 12.5. The molecule has 0 spiro atoms. The Morgan fingerprint density at radius 3 is 2.86 bits per heavy atom. The Morgan fingerprint density at radius 1 is 1.29 bits per heavy atom. The van der Waals surface area contributed by atoms with Gasteiger partial charge < -0.3 is 4.90 Å². The van der Waals surface area contributed by atoms with Gasteiger partial charge in [0.25, 0.3) is 5.91 Å². The highest BCUT2D eigenvalue weighted by molar-refractivity contribution is 6.34. The molecule has 2 aromatic rings. The number of amides is 1. The summed E-state index contributed by atoms with van der Waals surface area (Å²) in [6, 6.07) is 7.85. The van der Waals surface area contributed by atoms with Crippen molar-refractivity contribution in [1.82, 2.24) is 9.88 Å². The molecule has 2 aliphatic rings. The van der Waals surface area contributed by atoms with Crippen molar-refractivity contribution in [2.75, 3.05) is 6.54 Å². The third-order valence-corrected chi connectivity index (χ3v) is 4.50. The zero-order valence-electron chi connectivity index (χ0n) is 11.6. The number of carbonyl (C=O) groups is 1. The van der Waals surface area contributed by atoms with E-state index in [1.54, 1.807) is 6.20 Å². The van der Waals surface area contributed by atoms with Crippen molar-refractivity contribution in [2.45, 2.75) is 19.4 Å². The summed E-state index contributed by atoms with van der Waals surface area (Å²) >= 11 is 6.37. The smallest absolute Gasteiger partial charge is 0.256 e. The first-order valence-corrected chi connectivity index (χ1v) is 7.62. The zero-order chi connectivity index (χ0) is 14.4. The second kappa shape index (κ2) is 4.85. The maximum atomic E-state index is 12.5. The first kappa shape index (κ1) is 12.8. The number of rotatable bonds is 3. The summed E-state index contributed by atoms with van der Waals surface area (Å²) in [6.45, 7) is 1.55. The monoisotopic (exact) mass is 298 g/mol. The molecule has 2 heterocycles. The van der Waals surface area contributed by atoms with Gasteiger partial charge in [-0.1, -0.05) is 17.7 Å². The number of hydrogen-bond acceptors (Lipinski definition) is 2. The molecule has 4 heteroatoms. The van der Waals surface area contributed by atoms with E-state index in [0.29, 0.717) is 23.0 Å². The minimum absolute atomic E-state index is 0.0830. The van der Waals surface area contributed by atoms with Crippen molar-refractivity contribution >= 4 is 17.5 Å². The van der Waals surface area contributed by atoms with E-state index in [-0.39, 0.29) is 5.91 Å². The number of pyridine rings is 1. The number of benzene rings is 1. The second-order valence-electron chi connectivity index (χ2n) is 5.86. The summed E-state index contributed by atoms with van der Waals surface area (Å²) in [7, 11) is 0. The van der Waals surface area contributed by atoms with Crippen molar-refractivity contribution in [3.8, 4) is 11.1 Å². The Labute approximate surface area is 128 Å². The number of aromatic nitrogens is 1. The summed E-state index contributed by atoms with van der Waals surface area (Å²) < 4.78 is 0. The van der Waals surface area contributed by atoms with Crippen LogP contribution in [0.3, 0.4) is 0 Å². The minimum Gasteiger partial charge on any atom is -0.334 e. The molecule has 3 nitrogen and oxygen atoms in total. The highest BCUT2D eigenvalue weighted by atomic mass is 35.5. The number of carbonyl (C=O) groups excluding carboxylic acids is 1. The van der Waals surface area contributed by atoms with Crippen molar-refractivity contribution in [3.05, 3.63) is 52.8 Å². The molecule has 1 aliphatic carbocycles. The summed E-state index contributed by atoms with van der Waals surface area (Å²) in [5.41, 5.74) is 3.76. The molecule has 4 rings (SSSR count). The lowest BCUT2D eigenvalue weighted by Gasteiger charge is -2.14. The standard InChI is InChI=1S/C17H15ClN2O/c18-15-7-13(12-2-1-5-19-8-12)6-14-10-20(9-11-3-4-11)17(21)16(14)15/h1-2,5-8,11H,3-4,9-10H2. The van der Waals surface area contributed by atoms with Gasteiger partial charge in [-0.3, -0.25) is 9.78 Å². The molecule has 1 fully saturated rings.